The average Bonchev–Trinajstić information content (AvgIpc) is 3.21. The zero-order valence-corrected chi connectivity index (χ0v) is 18.9. The second-order valence-electron chi connectivity index (χ2n) is 8.81. The van der Waals surface area contributed by atoms with Crippen LogP contribution in [0.4, 0.5) is 10.5 Å². The van der Waals surface area contributed by atoms with Gasteiger partial charge in [0.05, 0.1) is 29.3 Å². The fraction of sp³-hybridized carbons (Fsp3) is 0.364. The molecule has 3 aromatic rings. The third-order valence-corrected chi connectivity index (χ3v) is 7.09. The number of halogens is 1. The molecule has 0 radical (unpaired) electrons. The molecule has 2 fully saturated rings. The first-order chi connectivity index (χ1) is 16.3. The number of hydrogen-bond acceptors (Lipinski definition) is 9. The van der Waals surface area contributed by atoms with E-state index in [1.165, 1.54) is 0 Å². The number of nitrogens with zero attached hydrogens (tertiary/aromatic N) is 4. The van der Waals surface area contributed by atoms with E-state index in [9.17, 15) is 14.4 Å². The van der Waals surface area contributed by atoms with Gasteiger partial charge in [-0.3, -0.25) is 20.2 Å². The minimum atomic E-state index is -1.60. The summed E-state index contributed by atoms with van der Waals surface area (Å²) in [4.78, 5) is 48.9. The first kappa shape index (κ1) is 21.0. The summed E-state index contributed by atoms with van der Waals surface area (Å²) >= 11 is 6.89. The van der Waals surface area contributed by atoms with E-state index in [0.717, 1.165) is 0 Å². The van der Waals surface area contributed by atoms with Gasteiger partial charge in [-0.25, -0.2) is 14.8 Å². The summed E-state index contributed by atoms with van der Waals surface area (Å²) in [6.07, 6.45) is 2.49. The highest BCUT2D eigenvalue weighted by Gasteiger charge is 2.63. The number of rotatable bonds is 1. The summed E-state index contributed by atoms with van der Waals surface area (Å²) in [5.74, 6) is -0.979. The maximum absolute atomic E-state index is 13.3. The van der Waals surface area contributed by atoms with Gasteiger partial charge in [0.25, 0.3) is 0 Å². The number of anilines is 1. The maximum atomic E-state index is 13.3. The number of urea groups is 1. The van der Waals surface area contributed by atoms with E-state index in [4.69, 9.17) is 20.9 Å². The van der Waals surface area contributed by atoms with Gasteiger partial charge in [0.1, 0.15) is 5.02 Å². The Kier molecular flexibility index (Phi) is 4.45. The average molecular weight is 483 g/mol. The van der Waals surface area contributed by atoms with Gasteiger partial charge in [0.2, 0.25) is 11.8 Å². The fourth-order valence-corrected chi connectivity index (χ4v) is 5.90. The molecular weight excluding hydrogens is 464 g/mol. The van der Waals surface area contributed by atoms with Gasteiger partial charge in [-0.1, -0.05) is 16.8 Å². The quantitative estimate of drug-likeness (QED) is 0.497. The van der Waals surface area contributed by atoms with E-state index in [-0.39, 0.29) is 12.5 Å². The van der Waals surface area contributed by atoms with Crippen molar-refractivity contribution < 1.29 is 23.6 Å². The van der Waals surface area contributed by atoms with Crippen LogP contribution >= 0.6 is 11.6 Å². The second-order valence-corrected chi connectivity index (χ2v) is 9.19. The van der Waals surface area contributed by atoms with Crippen LogP contribution in [0, 0.1) is 5.41 Å². The van der Waals surface area contributed by atoms with Crippen molar-refractivity contribution in [3.8, 4) is 11.5 Å². The van der Waals surface area contributed by atoms with E-state index in [1.807, 2.05) is 18.7 Å². The molecule has 0 aliphatic carbocycles. The lowest BCUT2D eigenvalue weighted by molar-refractivity contribution is -0.153. The summed E-state index contributed by atoms with van der Waals surface area (Å²) in [6.45, 7) is 4.10. The summed E-state index contributed by atoms with van der Waals surface area (Å²) in [5, 5.41) is 9.57. The summed E-state index contributed by atoms with van der Waals surface area (Å²) in [7, 11) is 0. The SMILES string of the molecule is C[C@@H]1CN2c3c(cc4c(-c5ncccn5)noc4c3Cl)CC3(C(=O)NC(=O)NC3=O)[C@H]2[C@H](C)O1. The van der Waals surface area contributed by atoms with Crippen LogP contribution in [0.1, 0.15) is 19.4 Å². The molecule has 11 nitrogen and oxygen atoms in total. The van der Waals surface area contributed by atoms with E-state index in [0.29, 0.717) is 45.3 Å². The van der Waals surface area contributed by atoms with Crippen molar-refractivity contribution in [1.29, 1.82) is 0 Å². The molecule has 1 aromatic carbocycles. The number of hydrogen-bond donors (Lipinski definition) is 2. The van der Waals surface area contributed by atoms with Crippen LogP contribution in [0.15, 0.2) is 29.0 Å². The van der Waals surface area contributed by atoms with Crippen molar-refractivity contribution in [2.24, 2.45) is 5.41 Å². The molecule has 2 N–H and O–H groups in total. The van der Waals surface area contributed by atoms with Gasteiger partial charge in [0, 0.05) is 18.9 Å². The van der Waals surface area contributed by atoms with Crippen molar-refractivity contribution in [3.63, 3.8) is 0 Å². The largest absolute Gasteiger partial charge is 0.372 e. The number of morpholine rings is 1. The van der Waals surface area contributed by atoms with Crippen LogP contribution in [-0.4, -0.2) is 57.8 Å². The normalized spacial score (nSPS) is 25.7. The van der Waals surface area contributed by atoms with Crippen LogP contribution in [0.5, 0.6) is 0 Å². The van der Waals surface area contributed by atoms with E-state index < -0.39 is 35.4 Å². The third kappa shape index (κ3) is 2.74. The van der Waals surface area contributed by atoms with E-state index in [2.05, 4.69) is 25.8 Å². The van der Waals surface area contributed by atoms with Gasteiger partial charge in [0.15, 0.2) is 22.5 Å². The molecule has 12 heteroatoms. The Balaban J connectivity index is 1.61. The number of benzene rings is 1. The summed E-state index contributed by atoms with van der Waals surface area (Å²) in [5.41, 5.74) is 0.457. The molecule has 34 heavy (non-hydrogen) atoms. The second kappa shape index (κ2) is 7.21. The molecule has 3 aliphatic rings. The molecule has 0 saturated carbocycles. The standard InChI is InChI=1S/C22H19ClN6O5/c1-9-8-29-15-11(6-12-14(18-24-4-3-5-25-18)28-34-16(12)13(15)23)7-22(17(29)10(2)33-9)19(30)26-21(32)27-20(22)31/h3-6,9-10,17H,7-8H2,1-2H3,(H2,26,27,30,31,32)/t9-,10+,17-/m1/s1. The molecule has 2 saturated heterocycles. The molecule has 0 unspecified atom stereocenters. The Morgan fingerprint density at radius 3 is 2.56 bits per heavy atom. The minimum absolute atomic E-state index is 0.00640. The van der Waals surface area contributed by atoms with E-state index in [1.54, 1.807) is 24.5 Å². The molecule has 1 spiro atoms. The highest BCUT2D eigenvalue weighted by molar-refractivity contribution is 6.38. The first-order valence-corrected chi connectivity index (χ1v) is 11.2. The molecule has 3 atom stereocenters. The molecule has 2 aromatic heterocycles. The predicted octanol–water partition coefficient (Wildman–Crippen LogP) is 1.83. The fourth-order valence-electron chi connectivity index (χ4n) is 5.53. The number of fused-ring (bicyclic) bond motifs is 5. The Labute approximate surface area is 197 Å². The highest BCUT2D eigenvalue weighted by Crippen LogP contribution is 2.51. The van der Waals surface area contributed by atoms with Gasteiger partial charge >= 0.3 is 6.03 Å². The minimum Gasteiger partial charge on any atom is -0.372 e. The number of aromatic nitrogens is 3. The van der Waals surface area contributed by atoms with Crippen LogP contribution in [0.3, 0.4) is 0 Å². The van der Waals surface area contributed by atoms with Crippen molar-refractivity contribution in [1.82, 2.24) is 25.8 Å². The molecule has 3 aliphatic heterocycles. The maximum Gasteiger partial charge on any atom is 0.328 e. The van der Waals surface area contributed by atoms with Gasteiger partial charge < -0.3 is 14.2 Å². The number of imide groups is 2. The topological polar surface area (TPSA) is 140 Å². The number of barbiturate groups is 1. The molecule has 5 heterocycles. The lowest BCUT2D eigenvalue weighted by atomic mass is 9.66. The number of amides is 4. The van der Waals surface area contributed by atoms with Crippen LogP contribution in [0.25, 0.3) is 22.5 Å². The molecule has 6 rings (SSSR count). The zero-order chi connectivity index (χ0) is 23.8. The van der Waals surface area contributed by atoms with Crippen LogP contribution in [0.2, 0.25) is 5.02 Å². The Bertz CT molecular complexity index is 1360. The Hall–Kier alpha value is -3.57. The van der Waals surface area contributed by atoms with E-state index >= 15 is 0 Å². The van der Waals surface area contributed by atoms with Gasteiger partial charge in [-0.05, 0) is 38.0 Å². The third-order valence-electron chi connectivity index (χ3n) is 6.74. The highest BCUT2D eigenvalue weighted by atomic mass is 35.5. The molecule has 4 amide bonds. The first-order valence-electron chi connectivity index (χ1n) is 10.8. The molecular formula is C22H19ClN6O5. The van der Waals surface area contributed by atoms with Crippen molar-refractivity contribution >= 4 is 46.1 Å². The lowest BCUT2D eigenvalue weighted by Gasteiger charge is -2.55. The van der Waals surface area contributed by atoms with Gasteiger partial charge in [-0.15, -0.1) is 0 Å². The number of carbonyl (C=O) groups is 3. The van der Waals surface area contributed by atoms with Crippen molar-refractivity contribution in [2.75, 3.05) is 11.4 Å². The lowest BCUT2D eigenvalue weighted by Crippen LogP contribution is -2.75. The van der Waals surface area contributed by atoms with Crippen molar-refractivity contribution in [2.45, 2.75) is 38.5 Å². The summed E-state index contributed by atoms with van der Waals surface area (Å²) in [6, 6.07) is 1.96. The summed E-state index contributed by atoms with van der Waals surface area (Å²) < 4.78 is 11.6. The molecule has 0 bridgehead atoms. The van der Waals surface area contributed by atoms with Gasteiger partial charge in [-0.2, -0.15) is 0 Å². The Morgan fingerprint density at radius 2 is 1.85 bits per heavy atom. The smallest absolute Gasteiger partial charge is 0.328 e. The predicted molar refractivity (Wildman–Crippen MR) is 119 cm³/mol. The van der Waals surface area contributed by atoms with Crippen LogP contribution < -0.4 is 15.5 Å². The monoisotopic (exact) mass is 482 g/mol. The number of carbonyl (C=O) groups excluding carboxylic acids is 3. The Morgan fingerprint density at radius 1 is 1.15 bits per heavy atom. The zero-order valence-electron chi connectivity index (χ0n) is 18.2. The number of ether oxygens (including phenoxy) is 1. The van der Waals surface area contributed by atoms with Crippen molar-refractivity contribution in [3.05, 3.63) is 35.1 Å². The molecule has 174 valence electrons. The van der Waals surface area contributed by atoms with Crippen LogP contribution in [-0.2, 0) is 20.7 Å². The number of nitrogens with one attached hydrogen (secondary N) is 2.